The Morgan fingerprint density at radius 1 is 1.23 bits per heavy atom. The van der Waals surface area contributed by atoms with Crippen molar-refractivity contribution in [1.29, 1.82) is 0 Å². The number of guanidine groups is 1. The van der Waals surface area contributed by atoms with E-state index in [1.807, 2.05) is 18.9 Å². The third-order valence-corrected chi connectivity index (χ3v) is 4.52. The molecule has 0 aliphatic heterocycles. The molecule has 1 N–H and O–H groups in total. The van der Waals surface area contributed by atoms with Crippen LogP contribution in [0.1, 0.15) is 25.3 Å². The molecule has 0 aromatic heterocycles. The van der Waals surface area contributed by atoms with E-state index in [-0.39, 0.29) is 5.75 Å². The number of likely N-dealkylation sites (N-methyl/N-ethyl adjacent to an activating group) is 1. The highest BCUT2D eigenvalue weighted by molar-refractivity contribution is 5.79. The second kappa shape index (κ2) is 9.71. The average Bonchev–Trinajstić information content (AvgIpc) is 3.40. The summed E-state index contributed by atoms with van der Waals surface area (Å²) in [6.45, 7) is 1.44. The smallest absolute Gasteiger partial charge is 0.387 e. The minimum Gasteiger partial charge on any atom is -0.435 e. The summed E-state index contributed by atoms with van der Waals surface area (Å²) in [6.07, 6.45) is 2.58. The first-order valence-electron chi connectivity index (χ1n) is 9.10. The first-order valence-corrected chi connectivity index (χ1v) is 9.10. The van der Waals surface area contributed by atoms with Crippen molar-refractivity contribution < 1.29 is 13.5 Å². The van der Waals surface area contributed by atoms with E-state index < -0.39 is 6.61 Å². The number of alkyl halides is 2. The van der Waals surface area contributed by atoms with Crippen molar-refractivity contribution in [3.05, 3.63) is 29.8 Å². The van der Waals surface area contributed by atoms with Gasteiger partial charge in [-0.3, -0.25) is 4.99 Å². The second-order valence-corrected chi connectivity index (χ2v) is 6.94. The van der Waals surface area contributed by atoms with Crippen LogP contribution in [0.5, 0.6) is 5.75 Å². The monoisotopic (exact) mass is 368 g/mol. The third-order valence-electron chi connectivity index (χ3n) is 4.52. The summed E-state index contributed by atoms with van der Waals surface area (Å²) in [5.74, 6) is 1.78. The molecule has 0 saturated heterocycles. The van der Waals surface area contributed by atoms with Gasteiger partial charge in [0, 0.05) is 26.2 Å². The first-order chi connectivity index (χ1) is 12.4. The Morgan fingerprint density at radius 2 is 1.88 bits per heavy atom. The van der Waals surface area contributed by atoms with Crippen LogP contribution >= 0.6 is 0 Å². The van der Waals surface area contributed by atoms with Gasteiger partial charge in [0.2, 0.25) is 0 Å². The van der Waals surface area contributed by atoms with Gasteiger partial charge in [0.1, 0.15) is 5.75 Å². The summed E-state index contributed by atoms with van der Waals surface area (Å²) in [5, 5.41) is 3.33. The Labute approximate surface area is 155 Å². The maximum atomic E-state index is 12.2. The summed E-state index contributed by atoms with van der Waals surface area (Å²) >= 11 is 0. The molecule has 26 heavy (non-hydrogen) atoms. The summed E-state index contributed by atoms with van der Waals surface area (Å²) in [5.41, 5.74) is 1.01. The quantitative estimate of drug-likeness (QED) is 0.537. The fraction of sp³-hybridized carbons (Fsp3) is 0.632. The van der Waals surface area contributed by atoms with E-state index in [1.54, 1.807) is 24.3 Å². The normalized spacial score (nSPS) is 16.1. The third kappa shape index (κ3) is 6.44. The van der Waals surface area contributed by atoms with E-state index in [0.29, 0.717) is 12.6 Å². The van der Waals surface area contributed by atoms with Crippen LogP contribution < -0.4 is 10.1 Å². The van der Waals surface area contributed by atoms with Gasteiger partial charge >= 0.3 is 6.61 Å². The molecule has 0 amide bonds. The molecule has 1 aromatic carbocycles. The minimum absolute atomic E-state index is 0.172. The second-order valence-electron chi connectivity index (χ2n) is 6.94. The Balaban J connectivity index is 1.98. The molecule has 0 heterocycles. The molecule has 1 fully saturated rings. The fourth-order valence-corrected chi connectivity index (χ4v) is 2.99. The summed E-state index contributed by atoms with van der Waals surface area (Å²) < 4.78 is 28.9. The van der Waals surface area contributed by atoms with Crippen LogP contribution in [0, 0.1) is 5.92 Å². The van der Waals surface area contributed by atoms with Crippen LogP contribution in [0.4, 0.5) is 8.78 Å². The van der Waals surface area contributed by atoms with Gasteiger partial charge in [0.05, 0.1) is 6.54 Å². The average molecular weight is 368 g/mol. The molecule has 5 nitrogen and oxygen atoms in total. The summed E-state index contributed by atoms with van der Waals surface area (Å²) in [4.78, 5) is 9.12. The van der Waals surface area contributed by atoms with E-state index in [0.717, 1.165) is 30.5 Å². The number of rotatable bonds is 9. The van der Waals surface area contributed by atoms with Gasteiger partial charge in [-0.25, -0.2) is 0 Å². The van der Waals surface area contributed by atoms with Crippen molar-refractivity contribution in [3.8, 4) is 5.75 Å². The van der Waals surface area contributed by atoms with Gasteiger partial charge in [-0.15, -0.1) is 0 Å². The van der Waals surface area contributed by atoms with E-state index in [4.69, 9.17) is 4.99 Å². The molecule has 2 rings (SSSR count). The van der Waals surface area contributed by atoms with Crippen LogP contribution in [0.25, 0.3) is 0 Å². The van der Waals surface area contributed by atoms with Crippen LogP contribution in [-0.4, -0.2) is 62.6 Å². The van der Waals surface area contributed by atoms with Crippen molar-refractivity contribution in [2.45, 2.75) is 39.0 Å². The maximum absolute atomic E-state index is 12.2. The fourth-order valence-electron chi connectivity index (χ4n) is 2.99. The van der Waals surface area contributed by atoms with Crippen molar-refractivity contribution >= 4 is 5.96 Å². The Morgan fingerprint density at radius 3 is 2.38 bits per heavy atom. The van der Waals surface area contributed by atoms with Crippen molar-refractivity contribution in [2.24, 2.45) is 10.9 Å². The standard InChI is InChI=1S/C19H30F2N4O/c1-5-22-19(23-12-17(24(2)3)15-8-9-15)25(4)13-14-6-10-16(11-7-14)26-18(20)21/h6-7,10-11,15,17-18H,5,8-9,12-13H2,1-4H3,(H,22,23). The van der Waals surface area contributed by atoms with Crippen molar-refractivity contribution in [1.82, 2.24) is 15.1 Å². The lowest BCUT2D eigenvalue weighted by Gasteiger charge is -2.25. The molecule has 1 atom stereocenters. The number of hydrogen-bond acceptors (Lipinski definition) is 3. The zero-order chi connectivity index (χ0) is 19.1. The number of nitrogens with zero attached hydrogens (tertiary/aromatic N) is 3. The van der Waals surface area contributed by atoms with E-state index in [2.05, 4.69) is 29.0 Å². The molecule has 1 unspecified atom stereocenters. The molecule has 0 radical (unpaired) electrons. The zero-order valence-corrected chi connectivity index (χ0v) is 16.1. The predicted molar refractivity (Wildman–Crippen MR) is 101 cm³/mol. The van der Waals surface area contributed by atoms with E-state index in [9.17, 15) is 8.78 Å². The lowest BCUT2D eigenvalue weighted by atomic mass is 10.2. The topological polar surface area (TPSA) is 40.1 Å². The zero-order valence-electron chi connectivity index (χ0n) is 16.1. The van der Waals surface area contributed by atoms with Gasteiger partial charge in [0.25, 0.3) is 0 Å². The number of halogens is 2. The highest BCUT2D eigenvalue weighted by Crippen LogP contribution is 2.34. The van der Waals surface area contributed by atoms with Crippen LogP contribution in [-0.2, 0) is 6.54 Å². The molecule has 0 bridgehead atoms. The molecular weight excluding hydrogens is 338 g/mol. The van der Waals surface area contributed by atoms with Gasteiger partial charge in [-0.1, -0.05) is 12.1 Å². The SMILES string of the molecule is CCNC(=NCC(C1CC1)N(C)C)N(C)Cc1ccc(OC(F)F)cc1. The van der Waals surface area contributed by atoms with Crippen LogP contribution in [0.15, 0.2) is 29.3 Å². The summed E-state index contributed by atoms with van der Waals surface area (Å²) in [6, 6.07) is 7.20. The minimum atomic E-state index is -2.80. The molecule has 7 heteroatoms. The maximum Gasteiger partial charge on any atom is 0.387 e. The van der Waals surface area contributed by atoms with Crippen molar-refractivity contribution in [3.63, 3.8) is 0 Å². The van der Waals surface area contributed by atoms with Crippen LogP contribution in [0.3, 0.4) is 0 Å². The largest absolute Gasteiger partial charge is 0.435 e. The van der Waals surface area contributed by atoms with Gasteiger partial charge in [-0.05, 0) is 57.5 Å². The Kier molecular flexibility index (Phi) is 7.63. The molecule has 1 aromatic rings. The molecular formula is C19H30F2N4O. The molecule has 1 aliphatic rings. The highest BCUT2D eigenvalue weighted by Gasteiger charge is 2.32. The number of benzene rings is 1. The van der Waals surface area contributed by atoms with Gasteiger partial charge in [-0.2, -0.15) is 8.78 Å². The molecule has 0 spiro atoms. The number of hydrogen-bond donors (Lipinski definition) is 1. The van der Waals surface area contributed by atoms with E-state index in [1.165, 1.54) is 12.8 Å². The van der Waals surface area contributed by atoms with Gasteiger partial charge in [0.15, 0.2) is 5.96 Å². The lowest BCUT2D eigenvalue weighted by molar-refractivity contribution is -0.0498. The number of aliphatic imine (C=N–C) groups is 1. The Bertz CT molecular complexity index is 571. The number of ether oxygens (including phenoxy) is 1. The first kappa shape index (κ1) is 20.4. The predicted octanol–water partition coefficient (Wildman–Crippen LogP) is 3.03. The Hall–Kier alpha value is -1.89. The molecule has 1 aliphatic carbocycles. The highest BCUT2D eigenvalue weighted by atomic mass is 19.3. The van der Waals surface area contributed by atoms with Crippen molar-refractivity contribution in [2.75, 3.05) is 34.2 Å². The lowest BCUT2D eigenvalue weighted by Crippen LogP contribution is -2.40. The summed E-state index contributed by atoms with van der Waals surface area (Å²) in [7, 11) is 6.20. The van der Waals surface area contributed by atoms with Crippen LogP contribution in [0.2, 0.25) is 0 Å². The van der Waals surface area contributed by atoms with E-state index >= 15 is 0 Å². The van der Waals surface area contributed by atoms with Gasteiger partial charge < -0.3 is 19.9 Å². The number of nitrogens with one attached hydrogen (secondary N) is 1. The molecule has 146 valence electrons. The molecule has 1 saturated carbocycles.